The molecule has 1 saturated heterocycles. The topological polar surface area (TPSA) is 71.8 Å². The van der Waals surface area contributed by atoms with E-state index in [9.17, 15) is 0 Å². The summed E-state index contributed by atoms with van der Waals surface area (Å²) in [6, 6.07) is 4.86. The predicted octanol–water partition coefficient (Wildman–Crippen LogP) is 2.02. The maximum absolute atomic E-state index is 8.74. The second kappa shape index (κ2) is 5.82. The molecule has 0 bridgehead atoms. The largest absolute Gasteiger partial charge is 0.356 e. The number of aromatic nitrogens is 3. The number of H-pyrrole nitrogens is 1. The van der Waals surface area contributed by atoms with Gasteiger partial charge in [-0.05, 0) is 30.7 Å². The fourth-order valence-corrected chi connectivity index (χ4v) is 4.38. The Hall–Kier alpha value is -2.13. The summed E-state index contributed by atoms with van der Waals surface area (Å²) in [4.78, 5) is 16.8. The third kappa shape index (κ3) is 2.55. The molecule has 1 aliphatic heterocycles. The van der Waals surface area contributed by atoms with Crippen LogP contribution in [0.25, 0.3) is 11.0 Å². The van der Waals surface area contributed by atoms with Crippen LogP contribution in [0.1, 0.15) is 19.3 Å². The van der Waals surface area contributed by atoms with Gasteiger partial charge in [0.05, 0.1) is 11.5 Å². The van der Waals surface area contributed by atoms with Crippen LogP contribution < -0.4 is 4.90 Å². The van der Waals surface area contributed by atoms with E-state index in [1.54, 1.807) is 6.33 Å². The highest BCUT2D eigenvalue weighted by atomic mass is 15.2. The molecule has 120 valence electrons. The molecule has 2 fully saturated rings. The van der Waals surface area contributed by atoms with E-state index >= 15 is 0 Å². The quantitative estimate of drug-likeness (QED) is 0.935. The molecule has 6 nitrogen and oxygen atoms in total. The zero-order chi connectivity index (χ0) is 15.8. The van der Waals surface area contributed by atoms with Crippen molar-refractivity contribution in [2.75, 3.05) is 31.6 Å². The Balaban J connectivity index is 1.45. The molecule has 2 aromatic heterocycles. The molecule has 0 amide bonds. The second-order valence-corrected chi connectivity index (χ2v) is 6.86. The molecule has 4 rings (SSSR count). The Morgan fingerprint density at radius 2 is 2.13 bits per heavy atom. The molecule has 0 spiro atoms. The van der Waals surface area contributed by atoms with Crippen LogP contribution in [0, 0.1) is 23.2 Å². The lowest BCUT2D eigenvalue weighted by atomic mass is 10.0. The number of hydrogen-bond donors (Lipinski definition) is 1. The molecule has 3 heterocycles. The number of hydrogen-bond acceptors (Lipinski definition) is 5. The number of nitrogens with one attached hydrogen (secondary N) is 1. The summed E-state index contributed by atoms with van der Waals surface area (Å²) < 4.78 is 0. The third-order valence-corrected chi connectivity index (χ3v) is 5.56. The molecule has 0 aromatic carbocycles. The molecule has 23 heavy (non-hydrogen) atoms. The van der Waals surface area contributed by atoms with Crippen molar-refractivity contribution in [1.29, 1.82) is 5.26 Å². The van der Waals surface area contributed by atoms with E-state index in [2.05, 4.69) is 43.9 Å². The van der Waals surface area contributed by atoms with Gasteiger partial charge in [0.15, 0.2) is 0 Å². The first kappa shape index (κ1) is 14.5. The number of fused-ring (bicyclic) bond motifs is 2. The monoisotopic (exact) mass is 310 g/mol. The summed E-state index contributed by atoms with van der Waals surface area (Å²) in [5.74, 6) is 2.57. The normalized spacial score (nSPS) is 27.2. The Labute approximate surface area is 136 Å². The van der Waals surface area contributed by atoms with E-state index in [4.69, 9.17) is 5.26 Å². The van der Waals surface area contributed by atoms with Crippen molar-refractivity contribution in [2.24, 2.45) is 11.8 Å². The fourth-order valence-electron chi connectivity index (χ4n) is 4.38. The number of likely N-dealkylation sites (tertiary alicyclic amines) is 1. The SMILES string of the molecule is CN(c1ncnc2[nH]ccc12)C1CC2CN(CCC#N)C[C@@H]2C1. The zero-order valence-corrected chi connectivity index (χ0v) is 13.4. The maximum atomic E-state index is 8.74. The standard InChI is InChI=1S/C17H22N6/c1-22(17-15-3-5-19-16(15)20-11-21-17)14-7-12-9-23(6-2-4-18)10-13(12)8-14/h3,5,11-14H,2,6-10H2,1H3,(H,19,20,21)/t12-,13?,14?/m0/s1. The lowest BCUT2D eigenvalue weighted by Gasteiger charge is -2.27. The van der Waals surface area contributed by atoms with Crippen molar-refractivity contribution in [1.82, 2.24) is 19.9 Å². The molecular weight excluding hydrogens is 288 g/mol. The van der Waals surface area contributed by atoms with E-state index in [0.29, 0.717) is 12.5 Å². The van der Waals surface area contributed by atoms with Crippen molar-refractivity contribution in [3.63, 3.8) is 0 Å². The van der Waals surface area contributed by atoms with E-state index in [1.807, 2.05) is 6.20 Å². The molecule has 2 aliphatic rings. The van der Waals surface area contributed by atoms with E-state index in [1.165, 1.54) is 12.8 Å². The minimum Gasteiger partial charge on any atom is -0.356 e. The van der Waals surface area contributed by atoms with E-state index < -0.39 is 0 Å². The van der Waals surface area contributed by atoms with Gasteiger partial charge in [0.25, 0.3) is 0 Å². The number of nitriles is 1. The van der Waals surface area contributed by atoms with Crippen LogP contribution in [-0.2, 0) is 0 Å². The van der Waals surface area contributed by atoms with Crippen molar-refractivity contribution in [3.05, 3.63) is 18.6 Å². The second-order valence-electron chi connectivity index (χ2n) is 6.86. The molecule has 1 aliphatic carbocycles. The van der Waals surface area contributed by atoms with E-state index in [0.717, 1.165) is 48.3 Å². The Morgan fingerprint density at radius 1 is 1.35 bits per heavy atom. The molecule has 2 aromatic rings. The van der Waals surface area contributed by atoms with Gasteiger partial charge in [-0.25, -0.2) is 9.97 Å². The predicted molar refractivity (Wildman–Crippen MR) is 89.0 cm³/mol. The minimum absolute atomic E-state index is 0.552. The van der Waals surface area contributed by atoms with Gasteiger partial charge in [-0.15, -0.1) is 0 Å². The minimum atomic E-state index is 0.552. The first-order chi connectivity index (χ1) is 11.3. The van der Waals surface area contributed by atoms with Crippen molar-refractivity contribution >= 4 is 16.9 Å². The van der Waals surface area contributed by atoms with Crippen LogP contribution in [0.2, 0.25) is 0 Å². The van der Waals surface area contributed by atoms with Gasteiger partial charge in [0.1, 0.15) is 17.8 Å². The molecule has 0 radical (unpaired) electrons. The third-order valence-electron chi connectivity index (χ3n) is 5.56. The number of rotatable bonds is 4. The number of anilines is 1. The zero-order valence-electron chi connectivity index (χ0n) is 13.4. The first-order valence-electron chi connectivity index (χ1n) is 8.36. The van der Waals surface area contributed by atoms with Gasteiger partial charge in [-0.1, -0.05) is 0 Å². The Bertz CT molecular complexity index is 718. The fraction of sp³-hybridized carbons (Fsp3) is 0.588. The Morgan fingerprint density at radius 3 is 2.87 bits per heavy atom. The lowest BCUT2D eigenvalue weighted by molar-refractivity contribution is 0.313. The van der Waals surface area contributed by atoms with Gasteiger partial charge < -0.3 is 14.8 Å². The highest BCUT2D eigenvalue weighted by Crippen LogP contribution is 2.41. The average molecular weight is 310 g/mol. The summed E-state index contributed by atoms with van der Waals surface area (Å²) in [6.07, 6.45) is 6.66. The van der Waals surface area contributed by atoms with Crippen LogP contribution in [0.3, 0.4) is 0 Å². The van der Waals surface area contributed by atoms with Gasteiger partial charge in [-0.3, -0.25) is 0 Å². The summed E-state index contributed by atoms with van der Waals surface area (Å²) in [6.45, 7) is 3.24. The van der Waals surface area contributed by atoms with Gasteiger partial charge in [0.2, 0.25) is 0 Å². The van der Waals surface area contributed by atoms with E-state index in [-0.39, 0.29) is 0 Å². The van der Waals surface area contributed by atoms with Gasteiger partial charge in [0, 0.05) is 45.3 Å². The molecule has 1 N–H and O–H groups in total. The van der Waals surface area contributed by atoms with Crippen molar-refractivity contribution in [3.8, 4) is 6.07 Å². The van der Waals surface area contributed by atoms with Crippen molar-refractivity contribution in [2.45, 2.75) is 25.3 Å². The molecular formula is C17H22N6. The highest BCUT2D eigenvalue weighted by molar-refractivity contribution is 5.87. The molecule has 6 heteroatoms. The summed E-state index contributed by atoms with van der Waals surface area (Å²) in [7, 11) is 2.16. The number of nitrogens with zero attached hydrogens (tertiary/aromatic N) is 5. The van der Waals surface area contributed by atoms with Crippen LogP contribution in [0.4, 0.5) is 5.82 Å². The lowest BCUT2D eigenvalue weighted by Crippen LogP contribution is -2.33. The van der Waals surface area contributed by atoms with Crippen LogP contribution in [0.15, 0.2) is 18.6 Å². The Kier molecular flexibility index (Phi) is 3.66. The molecule has 2 unspecified atom stereocenters. The number of aromatic amines is 1. The molecule has 3 atom stereocenters. The van der Waals surface area contributed by atoms with Gasteiger partial charge >= 0.3 is 0 Å². The van der Waals surface area contributed by atoms with Gasteiger partial charge in [-0.2, -0.15) is 5.26 Å². The molecule has 1 saturated carbocycles. The van der Waals surface area contributed by atoms with Crippen LogP contribution in [0.5, 0.6) is 0 Å². The summed E-state index contributed by atoms with van der Waals surface area (Å²) in [5, 5.41) is 9.84. The maximum Gasteiger partial charge on any atom is 0.142 e. The first-order valence-corrected chi connectivity index (χ1v) is 8.36. The smallest absolute Gasteiger partial charge is 0.142 e. The summed E-state index contributed by atoms with van der Waals surface area (Å²) in [5.41, 5.74) is 0.905. The van der Waals surface area contributed by atoms with Crippen LogP contribution in [-0.4, -0.2) is 52.6 Å². The van der Waals surface area contributed by atoms with Crippen molar-refractivity contribution < 1.29 is 0 Å². The highest BCUT2D eigenvalue weighted by Gasteiger charge is 2.42. The summed E-state index contributed by atoms with van der Waals surface area (Å²) >= 11 is 0. The average Bonchev–Trinajstić information content (AvgIpc) is 3.25. The van der Waals surface area contributed by atoms with Crippen LogP contribution >= 0.6 is 0 Å².